The molecule has 1 aromatic heterocycles. The van der Waals surface area contributed by atoms with E-state index in [1.807, 2.05) is 6.92 Å². The number of hydrogen-bond acceptors (Lipinski definition) is 5. The highest BCUT2D eigenvalue weighted by atomic mass is 32.1. The van der Waals surface area contributed by atoms with Crippen LogP contribution < -0.4 is 5.32 Å². The highest BCUT2D eigenvalue weighted by Crippen LogP contribution is 2.46. The molecule has 5 nitrogen and oxygen atoms in total. The van der Waals surface area contributed by atoms with Crippen LogP contribution in [0.4, 0.5) is 0 Å². The summed E-state index contributed by atoms with van der Waals surface area (Å²) in [6, 6.07) is 2.67. The van der Waals surface area contributed by atoms with Gasteiger partial charge in [-0.2, -0.15) is 0 Å². The van der Waals surface area contributed by atoms with Crippen molar-refractivity contribution in [3.8, 4) is 0 Å². The number of carbonyl (C=O) groups is 1. The number of carbonyl (C=O) groups excluding carboxylic acids is 1. The molecule has 1 aliphatic carbocycles. The minimum absolute atomic E-state index is 0.0165. The minimum Gasteiger partial charge on any atom is -0.394 e. The second kappa shape index (κ2) is 8.19. The average Bonchev–Trinajstić information content (AvgIpc) is 3.37. The Labute approximate surface area is 166 Å². The van der Waals surface area contributed by atoms with Gasteiger partial charge in [-0.05, 0) is 50.2 Å². The van der Waals surface area contributed by atoms with Crippen molar-refractivity contribution >= 4 is 17.2 Å². The van der Waals surface area contributed by atoms with Crippen molar-refractivity contribution in [2.75, 3.05) is 26.3 Å². The van der Waals surface area contributed by atoms with Gasteiger partial charge in [0.25, 0.3) is 5.91 Å². The Morgan fingerprint density at radius 3 is 2.81 bits per heavy atom. The van der Waals surface area contributed by atoms with Crippen molar-refractivity contribution < 1.29 is 14.6 Å². The molecule has 3 heterocycles. The van der Waals surface area contributed by atoms with Crippen LogP contribution in [0.15, 0.2) is 6.07 Å². The van der Waals surface area contributed by atoms with Gasteiger partial charge in [-0.3, -0.25) is 4.79 Å². The fourth-order valence-electron chi connectivity index (χ4n) is 4.96. The molecule has 2 fully saturated rings. The van der Waals surface area contributed by atoms with Crippen molar-refractivity contribution in [3.05, 3.63) is 21.4 Å². The van der Waals surface area contributed by atoms with Gasteiger partial charge in [0.15, 0.2) is 0 Å². The Hall–Kier alpha value is -0.950. The molecule has 2 aliphatic heterocycles. The van der Waals surface area contributed by atoms with Crippen LogP contribution in [0.25, 0.3) is 0 Å². The number of hydrogen-bond donors (Lipinski definition) is 2. The number of thiophene rings is 1. The third kappa shape index (κ3) is 3.82. The van der Waals surface area contributed by atoms with Crippen LogP contribution in [0, 0.1) is 0 Å². The van der Waals surface area contributed by atoms with Gasteiger partial charge in [-0.25, -0.2) is 0 Å². The van der Waals surface area contributed by atoms with Gasteiger partial charge in [0.05, 0.1) is 24.1 Å². The predicted molar refractivity (Wildman–Crippen MR) is 107 cm³/mol. The predicted octanol–water partition coefficient (Wildman–Crippen LogP) is 3.06. The van der Waals surface area contributed by atoms with E-state index >= 15 is 0 Å². The summed E-state index contributed by atoms with van der Waals surface area (Å²) in [6.07, 6.45) is 9.16. The Bertz CT molecular complexity index is 656. The van der Waals surface area contributed by atoms with Gasteiger partial charge in [-0.15, -0.1) is 11.3 Å². The summed E-state index contributed by atoms with van der Waals surface area (Å²) < 4.78 is 6.37. The van der Waals surface area contributed by atoms with E-state index in [4.69, 9.17) is 4.74 Å². The zero-order valence-electron chi connectivity index (χ0n) is 16.3. The molecule has 1 aromatic rings. The number of fused-ring (bicyclic) bond motifs is 2. The van der Waals surface area contributed by atoms with E-state index in [0.29, 0.717) is 0 Å². The Morgan fingerprint density at radius 1 is 1.41 bits per heavy atom. The molecule has 0 radical (unpaired) electrons. The molecule has 27 heavy (non-hydrogen) atoms. The molecule has 0 aromatic carbocycles. The van der Waals surface area contributed by atoms with Crippen molar-refractivity contribution in [1.29, 1.82) is 0 Å². The van der Waals surface area contributed by atoms with Crippen LogP contribution in [-0.4, -0.2) is 54.3 Å². The largest absolute Gasteiger partial charge is 0.394 e. The van der Waals surface area contributed by atoms with E-state index in [9.17, 15) is 9.90 Å². The van der Waals surface area contributed by atoms with Gasteiger partial charge in [0, 0.05) is 24.0 Å². The number of aliphatic hydroxyl groups is 1. The number of amides is 1. The number of nitrogens with one attached hydrogen (secondary N) is 1. The number of nitrogens with zero attached hydrogens (tertiary/aromatic N) is 1. The van der Waals surface area contributed by atoms with Crippen LogP contribution in [-0.2, 0) is 16.8 Å². The first-order valence-corrected chi connectivity index (χ1v) is 11.4. The molecule has 1 saturated heterocycles. The molecule has 4 rings (SSSR count). The topological polar surface area (TPSA) is 61.8 Å². The Kier molecular flexibility index (Phi) is 5.88. The van der Waals surface area contributed by atoms with Crippen molar-refractivity contribution in [2.45, 2.75) is 76.0 Å². The third-order valence-corrected chi connectivity index (χ3v) is 8.05. The average molecular weight is 393 g/mol. The maximum absolute atomic E-state index is 12.6. The summed E-state index contributed by atoms with van der Waals surface area (Å²) in [4.78, 5) is 17.3. The lowest BCUT2D eigenvalue weighted by atomic mass is 9.84. The van der Waals surface area contributed by atoms with Crippen LogP contribution >= 0.6 is 11.3 Å². The van der Waals surface area contributed by atoms with Gasteiger partial charge in [0.2, 0.25) is 0 Å². The van der Waals surface area contributed by atoms with Crippen molar-refractivity contribution in [2.24, 2.45) is 0 Å². The van der Waals surface area contributed by atoms with Crippen LogP contribution in [0.5, 0.6) is 0 Å². The van der Waals surface area contributed by atoms with E-state index in [-0.39, 0.29) is 24.2 Å². The second-order valence-electron chi connectivity index (χ2n) is 8.29. The molecule has 1 unspecified atom stereocenters. The zero-order valence-corrected chi connectivity index (χ0v) is 17.2. The molecule has 150 valence electrons. The van der Waals surface area contributed by atoms with E-state index in [0.717, 1.165) is 56.3 Å². The number of aliphatic hydroxyl groups excluding tert-OH is 1. The molecule has 1 amide bonds. The van der Waals surface area contributed by atoms with Gasteiger partial charge < -0.3 is 20.1 Å². The minimum atomic E-state index is -0.187. The summed E-state index contributed by atoms with van der Waals surface area (Å²) in [7, 11) is 0. The zero-order chi connectivity index (χ0) is 18.9. The van der Waals surface area contributed by atoms with E-state index < -0.39 is 0 Å². The number of piperidine rings is 1. The number of rotatable bonds is 5. The molecular formula is C21H32N2O3S. The molecule has 1 saturated carbocycles. The third-order valence-electron chi connectivity index (χ3n) is 6.69. The van der Waals surface area contributed by atoms with Gasteiger partial charge in [0.1, 0.15) is 5.60 Å². The number of ether oxygens (including phenoxy) is 1. The molecule has 2 N–H and O–H groups in total. The fraction of sp³-hybridized carbons (Fsp3) is 0.762. The van der Waals surface area contributed by atoms with Gasteiger partial charge >= 0.3 is 0 Å². The van der Waals surface area contributed by atoms with Crippen LogP contribution in [0.3, 0.4) is 0 Å². The van der Waals surface area contributed by atoms with Gasteiger partial charge in [-0.1, -0.05) is 19.8 Å². The van der Waals surface area contributed by atoms with E-state index in [2.05, 4.69) is 16.3 Å². The van der Waals surface area contributed by atoms with Crippen molar-refractivity contribution in [1.82, 2.24) is 10.2 Å². The quantitative estimate of drug-likeness (QED) is 0.808. The first kappa shape index (κ1) is 19.4. The molecule has 3 aliphatic rings. The maximum Gasteiger partial charge on any atom is 0.261 e. The summed E-state index contributed by atoms with van der Waals surface area (Å²) in [5.74, 6) is -0.0613. The summed E-state index contributed by atoms with van der Waals surface area (Å²) in [5.41, 5.74) is 1.11. The summed E-state index contributed by atoms with van der Waals surface area (Å²) in [6.45, 7) is 4.92. The van der Waals surface area contributed by atoms with E-state index in [1.165, 1.54) is 36.1 Å². The molecule has 6 heteroatoms. The Balaban J connectivity index is 1.48. The fourth-order valence-corrected chi connectivity index (χ4v) is 6.27. The SMILES string of the molecule is CCC(CO)NC(=O)c1cc2c(s1)C1(CCN(C3CCCC3)CC1)OCC2. The lowest BCUT2D eigenvalue weighted by Crippen LogP contribution is -2.48. The smallest absolute Gasteiger partial charge is 0.261 e. The second-order valence-corrected chi connectivity index (χ2v) is 9.35. The summed E-state index contributed by atoms with van der Waals surface area (Å²) >= 11 is 1.61. The molecular weight excluding hydrogens is 360 g/mol. The molecule has 1 atom stereocenters. The highest BCUT2D eigenvalue weighted by Gasteiger charge is 2.43. The molecule has 1 spiro atoms. The standard InChI is InChI=1S/C21H32N2O3S/c1-2-16(14-24)22-20(25)18-13-15-7-12-26-21(19(15)27-18)8-10-23(11-9-21)17-5-3-4-6-17/h13,16-17,24H,2-12,14H2,1H3,(H,22,25). The highest BCUT2D eigenvalue weighted by molar-refractivity contribution is 7.14. The van der Waals surface area contributed by atoms with E-state index in [1.54, 1.807) is 11.3 Å². The number of likely N-dealkylation sites (tertiary alicyclic amines) is 1. The normalized spacial score (nSPS) is 24.1. The molecule has 0 bridgehead atoms. The maximum atomic E-state index is 12.6. The monoisotopic (exact) mass is 392 g/mol. The summed E-state index contributed by atoms with van der Waals surface area (Å²) in [5, 5.41) is 12.3. The van der Waals surface area contributed by atoms with Crippen LogP contribution in [0.1, 0.15) is 72.0 Å². The lowest BCUT2D eigenvalue weighted by molar-refractivity contribution is -0.0996. The first-order valence-electron chi connectivity index (χ1n) is 10.6. The van der Waals surface area contributed by atoms with Crippen LogP contribution in [0.2, 0.25) is 0 Å². The lowest BCUT2D eigenvalue weighted by Gasteiger charge is -2.45. The Morgan fingerprint density at radius 2 is 2.15 bits per heavy atom. The van der Waals surface area contributed by atoms with Crippen molar-refractivity contribution in [3.63, 3.8) is 0 Å². The first-order chi connectivity index (χ1) is 13.1.